The Bertz CT molecular complexity index is 1550. The highest BCUT2D eigenvalue weighted by Crippen LogP contribution is 2.41. The highest BCUT2D eigenvalue weighted by Gasteiger charge is 2.27. The first-order valence-electron chi connectivity index (χ1n) is 11.8. The number of ether oxygens (including phenoxy) is 3. The van der Waals surface area contributed by atoms with Crippen molar-refractivity contribution in [3.05, 3.63) is 94.4 Å². The molecule has 4 rings (SSSR count). The number of benzene rings is 3. The molecule has 2 N–H and O–H groups in total. The van der Waals surface area contributed by atoms with Crippen LogP contribution in [-0.4, -0.2) is 37.0 Å². The lowest BCUT2D eigenvalue weighted by Crippen LogP contribution is -2.13. The summed E-state index contributed by atoms with van der Waals surface area (Å²) in [6.45, 7) is 5.99. The van der Waals surface area contributed by atoms with Crippen LogP contribution in [0.2, 0.25) is 0 Å². The van der Waals surface area contributed by atoms with E-state index in [1.54, 1.807) is 30.3 Å². The Labute approximate surface area is 219 Å². The van der Waals surface area contributed by atoms with E-state index >= 15 is 0 Å². The maximum absolute atomic E-state index is 13.4. The molecular weight excluding hydrogens is 488 g/mol. The smallest absolute Gasteiger partial charge is 0.306 e. The summed E-state index contributed by atoms with van der Waals surface area (Å²) in [6, 6.07) is 14.2. The van der Waals surface area contributed by atoms with Crippen LogP contribution in [0.25, 0.3) is 22.1 Å². The second-order valence-electron chi connectivity index (χ2n) is 8.89. The van der Waals surface area contributed by atoms with Crippen LogP contribution in [0.1, 0.15) is 30.4 Å². The fourth-order valence-corrected chi connectivity index (χ4v) is 4.25. The van der Waals surface area contributed by atoms with Gasteiger partial charge in [-0.15, -0.1) is 0 Å². The van der Waals surface area contributed by atoms with Crippen molar-refractivity contribution in [1.82, 2.24) is 0 Å². The first kappa shape index (κ1) is 26.3. The van der Waals surface area contributed by atoms with Crippen LogP contribution in [0.15, 0.2) is 82.2 Å². The molecule has 8 nitrogen and oxygen atoms in total. The number of carbonyl (C=O) groups excluding carboxylic acids is 1. The molecule has 0 aliphatic carbocycles. The second kappa shape index (κ2) is 11.1. The minimum Gasteiger partial charge on any atom is -0.508 e. The monoisotopic (exact) mass is 516 g/mol. The topological polar surface area (TPSA) is 115 Å². The fraction of sp³-hybridized carbons (Fsp3) is 0.200. The third kappa shape index (κ3) is 5.34. The summed E-state index contributed by atoms with van der Waals surface area (Å²) in [5.74, 6) is -0.414. The summed E-state index contributed by atoms with van der Waals surface area (Å²) in [7, 11) is 2.78. The maximum atomic E-state index is 13.4. The maximum Gasteiger partial charge on any atom is 0.306 e. The van der Waals surface area contributed by atoms with Gasteiger partial charge >= 0.3 is 5.97 Å². The van der Waals surface area contributed by atoms with Crippen molar-refractivity contribution in [3.8, 4) is 34.1 Å². The van der Waals surface area contributed by atoms with Crippen molar-refractivity contribution < 1.29 is 33.6 Å². The Morgan fingerprint density at radius 1 is 1.03 bits per heavy atom. The lowest BCUT2D eigenvalue weighted by molar-refractivity contribution is -0.140. The molecular formula is C30H28O8. The van der Waals surface area contributed by atoms with E-state index in [2.05, 4.69) is 6.58 Å². The molecule has 0 fully saturated rings. The Hall–Kier alpha value is -4.72. The lowest BCUT2D eigenvalue weighted by atomic mass is 9.86. The van der Waals surface area contributed by atoms with Gasteiger partial charge in [0.05, 0.1) is 31.6 Å². The van der Waals surface area contributed by atoms with Crippen molar-refractivity contribution >= 4 is 16.9 Å². The zero-order valence-corrected chi connectivity index (χ0v) is 21.3. The van der Waals surface area contributed by atoms with Crippen LogP contribution in [-0.2, 0) is 9.53 Å². The summed E-state index contributed by atoms with van der Waals surface area (Å²) >= 11 is 0. The van der Waals surface area contributed by atoms with Crippen molar-refractivity contribution in [2.45, 2.75) is 19.3 Å². The van der Waals surface area contributed by atoms with E-state index in [1.807, 2.05) is 6.92 Å². The van der Waals surface area contributed by atoms with E-state index in [1.165, 1.54) is 44.7 Å². The number of hydrogen-bond acceptors (Lipinski definition) is 8. The number of methoxy groups -OCH3 is 2. The SMILES string of the molecule is C=C(C)COc1ccc(C(CC(=O)OC)c2c(O)ccc3c(=O)c(-c4ccc(O)cc4)coc23)cc1OC. The third-order valence-corrected chi connectivity index (χ3v) is 6.15. The van der Waals surface area contributed by atoms with Crippen molar-refractivity contribution in [3.63, 3.8) is 0 Å². The molecule has 0 radical (unpaired) electrons. The normalized spacial score (nSPS) is 11.7. The minimum atomic E-state index is -0.738. The third-order valence-electron chi connectivity index (χ3n) is 6.15. The van der Waals surface area contributed by atoms with Crippen LogP contribution in [0.3, 0.4) is 0 Å². The highest BCUT2D eigenvalue weighted by atomic mass is 16.5. The van der Waals surface area contributed by atoms with E-state index in [0.29, 0.717) is 34.8 Å². The molecule has 3 aromatic carbocycles. The molecule has 0 spiro atoms. The van der Waals surface area contributed by atoms with Gasteiger partial charge in [0, 0.05) is 11.5 Å². The van der Waals surface area contributed by atoms with Gasteiger partial charge in [-0.05, 0) is 60.0 Å². The van der Waals surface area contributed by atoms with Gasteiger partial charge in [0.1, 0.15) is 30.0 Å². The molecule has 0 saturated carbocycles. The molecule has 1 aromatic heterocycles. The molecule has 4 aromatic rings. The Kier molecular flexibility index (Phi) is 7.71. The summed E-state index contributed by atoms with van der Waals surface area (Å²) in [5.41, 5.74) is 2.39. The fourth-order valence-electron chi connectivity index (χ4n) is 4.25. The molecule has 0 aliphatic heterocycles. The van der Waals surface area contributed by atoms with E-state index in [9.17, 15) is 19.8 Å². The van der Waals surface area contributed by atoms with E-state index in [4.69, 9.17) is 18.6 Å². The van der Waals surface area contributed by atoms with Crippen LogP contribution < -0.4 is 14.9 Å². The van der Waals surface area contributed by atoms with E-state index in [0.717, 1.165) is 5.57 Å². The molecule has 38 heavy (non-hydrogen) atoms. The van der Waals surface area contributed by atoms with Crippen molar-refractivity contribution in [2.75, 3.05) is 20.8 Å². The first-order valence-corrected chi connectivity index (χ1v) is 11.8. The predicted molar refractivity (Wildman–Crippen MR) is 143 cm³/mol. The molecule has 1 atom stereocenters. The molecule has 196 valence electrons. The van der Waals surface area contributed by atoms with Gasteiger partial charge in [0.2, 0.25) is 5.43 Å². The first-order chi connectivity index (χ1) is 18.2. The largest absolute Gasteiger partial charge is 0.508 e. The molecule has 0 amide bonds. The number of esters is 1. The van der Waals surface area contributed by atoms with Gasteiger partial charge in [-0.2, -0.15) is 0 Å². The summed E-state index contributed by atoms with van der Waals surface area (Å²) in [6.07, 6.45) is 1.17. The van der Waals surface area contributed by atoms with Crippen molar-refractivity contribution in [1.29, 1.82) is 0 Å². The van der Waals surface area contributed by atoms with Crippen molar-refractivity contribution in [2.24, 2.45) is 0 Å². The predicted octanol–water partition coefficient (Wildman–Crippen LogP) is 5.53. The zero-order chi connectivity index (χ0) is 27.4. The summed E-state index contributed by atoms with van der Waals surface area (Å²) in [4.78, 5) is 25.9. The zero-order valence-electron chi connectivity index (χ0n) is 21.3. The number of hydrogen-bond donors (Lipinski definition) is 2. The average molecular weight is 517 g/mol. The molecule has 0 bridgehead atoms. The summed E-state index contributed by atoms with van der Waals surface area (Å²) in [5, 5.41) is 20.8. The van der Waals surface area contributed by atoms with Gasteiger partial charge < -0.3 is 28.8 Å². The molecule has 1 unspecified atom stereocenters. The molecule has 0 aliphatic rings. The average Bonchev–Trinajstić information content (AvgIpc) is 2.91. The van der Waals surface area contributed by atoms with Gasteiger partial charge in [-0.25, -0.2) is 0 Å². The van der Waals surface area contributed by atoms with Gasteiger partial charge in [-0.1, -0.05) is 24.8 Å². The highest BCUT2D eigenvalue weighted by molar-refractivity contribution is 5.87. The quantitative estimate of drug-likeness (QED) is 0.220. The number of phenolic OH excluding ortho intramolecular Hbond substituents is 2. The minimum absolute atomic E-state index is 0.0725. The number of aromatic hydroxyl groups is 2. The Morgan fingerprint density at radius 3 is 2.42 bits per heavy atom. The lowest BCUT2D eigenvalue weighted by Gasteiger charge is -2.21. The number of phenols is 2. The van der Waals surface area contributed by atoms with Gasteiger partial charge in [0.15, 0.2) is 11.5 Å². The Balaban J connectivity index is 1.88. The van der Waals surface area contributed by atoms with Crippen LogP contribution in [0.5, 0.6) is 23.0 Å². The van der Waals surface area contributed by atoms with Gasteiger partial charge in [-0.3, -0.25) is 9.59 Å². The van der Waals surface area contributed by atoms with Crippen LogP contribution >= 0.6 is 0 Å². The second-order valence-corrected chi connectivity index (χ2v) is 8.89. The van der Waals surface area contributed by atoms with E-state index < -0.39 is 11.9 Å². The number of carbonyl (C=O) groups is 1. The van der Waals surface area contributed by atoms with E-state index in [-0.39, 0.29) is 39.9 Å². The molecule has 8 heteroatoms. The Morgan fingerprint density at radius 2 is 1.76 bits per heavy atom. The summed E-state index contributed by atoms with van der Waals surface area (Å²) < 4.78 is 22.2. The van der Waals surface area contributed by atoms with Gasteiger partial charge in [0.25, 0.3) is 0 Å². The molecule has 1 heterocycles. The van der Waals surface area contributed by atoms with Crippen LogP contribution in [0, 0.1) is 0 Å². The van der Waals surface area contributed by atoms with Crippen LogP contribution in [0.4, 0.5) is 0 Å². The number of fused-ring (bicyclic) bond motifs is 1. The molecule has 0 saturated heterocycles. The number of rotatable bonds is 9. The standard InChI is InChI=1S/C30H28O8/c1-17(2)15-37-25-12-7-19(13-26(25)35-3)22(14-27(33)36-4)28-24(32)11-10-21-29(34)23(16-38-30(21)28)18-5-8-20(31)9-6-18/h5-13,16,22,31-32H,1,14-15H2,2-4H3.